The number of nitrogens with one attached hydrogen (secondary N) is 3. The van der Waals surface area contributed by atoms with E-state index < -0.39 is 41.5 Å². The summed E-state index contributed by atoms with van der Waals surface area (Å²) in [6, 6.07) is 3.69. The number of carbonyl (C=O) groups is 3. The Balaban J connectivity index is 1.14. The highest BCUT2D eigenvalue weighted by Crippen LogP contribution is 2.52. The third-order valence-corrected chi connectivity index (χ3v) is 11.6. The van der Waals surface area contributed by atoms with Crippen LogP contribution < -0.4 is 31.2 Å². The summed E-state index contributed by atoms with van der Waals surface area (Å²) in [6.07, 6.45) is 1.67. The summed E-state index contributed by atoms with van der Waals surface area (Å²) in [4.78, 5) is 51.3. The number of benzene rings is 1. The number of hydrogen-bond donors (Lipinski definition) is 4. The third-order valence-electron chi connectivity index (χ3n) is 10.5. The van der Waals surface area contributed by atoms with Gasteiger partial charge in [-0.2, -0.15) is 0 Å². The molecule has 16 heteroatoms. The first kappa shape index (κ1) is 38.4. The quantitative estimate of drug-likeness (QED) is 0.195. The molecule has 0 radical (unpaired) electrons. The first-order valence-corrected chi connectivity index (χ1v) is 20.0. The molecule has 54 heavy (non-hydrogen) atoms. The molecular formula is C38H50ClN7O7S. The normalized spacial score (nSPS) is 25.6. The van der Waals surface area contributed by atoms with Gasteiger partial charge in [0.05, 0.1) is 37.0 Å². The number of thiazole rings is 1. The van der Waals surface area contributed by atoms with E-state index in [2.05, 4.69) is 16.0 Å². The Kier molecular flexibility index (Phi) is 11.1. The second-order valence-corrected chi connectivity index (χ2v) is 17.5. The number of ether oxygens (including phenoxy) is 4. The largest absolute Gasteiger partial charge is 0.490 e. The van der Waals surface area contributed by atoms with Gasteiger partial charge in [0.1, 0.15) is 53.1 Å². The first-order valence-electron chi connectivity index (χ1n) is 18.8. The molecule has 4 heterocycles. The van der Waals surface area contributed by atoms with Crippen LogP contribution in [-0.2, 0) is 19.1 Å². The van der Waals surface area contributed by atoms with Gasteiger partial charge in [-0.15, -0.1) is 11.3 Å². The van der Waals surface area contributed by atoms with Crippen LogP contribution >= 0.6 is 22.9 Å². The lowest BCUT2D eigenvalue weighted by Crippen LogP contribution is -2.57. The minimum atomic E-state index is -0.971. The van der Waals surface area contributed by atoms with Crippen LogP contribution in [0.1, 0.15) is 60.3 Å². The number of primary amides is 1. The van der Waals surface area contributed by atoms with Gasteiger partial charge < -0.3 is 45.5 Å². The molecule has 2 saturated carbocycles. The van der Waals surface area contributed by atoms with Crippen molar-refractivity contribution in [3.63, 3.8) is 0 Å². The molecule has 7 rings (SSSR count). The summed E-state index contributed by atoms with van der Waals surface area (Å²) >= 11 is 8.47. The number of amides is 3. The van der Waals surface area contributed by atoms with Gasteiger partial charge in [-0.3, -0.25) is 9.59 Å². The van der Waals surface area contributed by atoms with Crippen molar-refractivity contribution in [2.75, 3.05) is 38.2 Å². The lowest BCUT2D eigenvalue weighted by Gasteiger charge is -2.35. The molecule has 3 aromatic rings. The number of aromatic nitrogens is 2. The molecule has 2 aliphatic carbocycles. The maximum absolute atomic E-state index is 14.3. The predicted molar refractivity (Wildman–Crippen MR) is 206 cm³/mol. The smallest absolute Gasteiger partial charge is 0.408 e. The molecule has 3 amide bonds. The van der Waals surface area contributed by atoms with Crippen molar-refractivity contribution in [3.05, 3.63) is 28.6 Å². The number of halogens is 1. The van der Waals surface area contributed by atoms with Crippen molar-refractivity contribution < 1.29 is 33.3 Å². The van der Waals surface area contributed by atoms with Gasteiger partial charge in [0.2, 0.25) is 11.8 Å². The lowest BCUT2D eigenvalue weighted by molar-refractivity contribution is -0.141. The zero-order chi connectivity index (χ0) is 38.3. The van der Waals surface area contributed by atoms with Crippen molar-refractivity contribution in [2.24, 2.45) is 23.0 Å². The molecule has 2 saturated heterocycles. The van der Waals surface area contributed by atoms with Gasteiger partial charge in [0.25, 0.3) is 0 Å². The SMILES string of the molecule is CC(C)Nc1nc(-c2cc(OC3C[C@@H](C(N)=O)N(C(=O)[C@@H](NC(=O)OC4C[C@@H]5C[C@@H]5C4)C(C)(C)C)C3)c3ccc(OC[C@@H]4COCCN4)c(Cl)c3n2)cs1. The van der Waals surface area contributed by atoms with Crippen molar-refractivity contribution in [3.8, 4) is 22.9 Å². The third kappa shape index (κ3) is 8.64. The van der Waals surface area contributed by atoms with Gasteiger partial charge in [-0.05, 0) is 62.5 Å². The van der Waals surface area contributed by atoms with E-state index in [1.54, 1.807) is 12.1 Å². The highest BCUT2D eigenvalue weighted by atomic mass is 35.5. The standard InChI is InChI=1S/C38H50ClN7O7S/c1-19(2)42-36-44-27(18-54-36)26-14-30(25-6-7-29(31(39)32(25)43-26)51-17-22-16-50-9-8-41-22)52-24-13-28(34(40)47)46(15-24)35(48)33(38(3,4)5)45-37(49)53-23-11-20-10-21(20)12-23/h6-7,14,18-24,28,33,41H,8-13,15-17H2,1-5H3,(H2,40,47)(H,42,44)(H,45,49)/t20-,21+,22-,23?,24?,28-,33+/m0/s1. The predicted octanol–water partition coefficient (Wildman–Crippen LogP) is 4.97. The monoisotopic (exact) mass is 783 g/mol. The topological polar surface area (TPSA) is 179 Å². The number of hydrogen-bond acceptors (Lipinski definition) is 12. The second-order valence-electron chi connectivity index (χ2n) is 16.2. The Morgan fingerprint density at radius 1 is 1.09 bits per heavy atom. The highest BCUT2D eigenvalue weighted by molar-refractivity contribution is 7.14. The average Bonchev–Trinajstić information content (AvgIpc) is 3.45. The van der Waals surface area contributed by atoms with E-state index >= 15 is 0 Å². The fourth-order valence-electron chi connectivity index (χ4n) is 7.62. The van der Waals surface area contributed by atoms with E-state index in [-0.39, 0.29) is 31.2 Å². The van der Waals surface area contributed by atoms with E-state index in [1.807, 2.05) is 46.1 Å². The number of alkyl carbamates (subject to hydrolysis) is 1. The van der Waals surface area contributed by atoms with Gasteiger partial charge in [0, 0.05) is 35.8 Å². The first-order chi connectivity index (χ1) is 25.7. The van der Waals surface area contributed by atoms with Crippen LogP contribution in [-0.4, -0.2) is 102 Å². The van der Waals surface area contributed by atoms with Crippen molar-refractivity contribution in [1.29, 1.82) is 0 Å². The molecule has 2 aromatic heterocycles. The van der Waals surface area contributed by atoms with Crippen LogP contribution in [0.5, 0.6) is 11.5 Å². The van der Waals surface area contributed by atoms with E-state index in [9.17, 15) is 14.4 Å². The van der Waals surface area contributed by atoms with E-state index in [0.717, 1.165) is 24.5 Å². The Morgan fingerprint density at radius 2 is 1.87 bits per heavy atom. The molecule has 0 spiro atoms. The van der Waals surface area contributed by atoms with Crippen LogP contribution in [0, 0.1) is 17.3 Å². The summed E-state index contributed by atoms with van der Waals surface area (Å²) in [5.41, 5.74) is 6.81. The van der Waals surface area contributed by atoms with Crippen LogP contribution in [0.4, 0.5) is 9.93 Å². The maximum atomic E-state index is 14.3. The number of carbonyl (C=O) groups excluding carboxylic acids is 3. The summed E-state index contributed by atoms with van der Waals surface area (Å²) in [5.74, 6) is 1.10. The van der Waals surface area contributed by atoms with Gasteiger partial charge in [-0.1, -0.05) is 32.4 Å². The highest BCUT2D eigenvalue weighted by Gasteiger charge is 2.48. The van der Waals surface area contributed by atoms with E-state index in [4.69, 9.17) is 46.3 Å². The zero-order valence-corrected chi connectivity index (χ0v) is 32.9. The Morgan fingerprint density at radius 3 is 2.56 bits per heavy atom. The summed E-state index contributed by atoms with van der Waals surface area (Å²) in [7, 11) is 0. The average molecular weight is 784 g/mol. The van der Waals surface area contributed by atoms with Crippen LogP contribution in [0.15, 0.2) is 23.6 Å². The van der Waals surface area contributed by atoms with E-state index in [1.165, 1.54) is 22.7 Å². The zero-order valence-electron chi connectivity index (χ0n) is 31.4. The van der Waals surface area contributed by atoms with Crippen LogP contribution in [0.25, 0.3) is 22.3 Å². The number of fused-ring (bicyclic) bond motifs is 2. The minimum absolute atomic E-state index is 0.0216. The maximum Gasteiger partial charge on any atom is 0.408 e. The van der Waals surface area contributed by atoms with Gasteiger partial charge in [0.15, 0.2) is 5.13 Å². The van der Waals surface area contributed by atoms with Crippen LogP contribution in [0.3, 0.4) is 0 Å². The molecule has 2 aliphatic heterocycles. The van der Waals surface area contributed by atoms with Gasteiger partial charge in [-0.25, -0.2) is 14.8 Å². The van der Waals surface area contributed by atoms with E-state index in [0.29, 0.717) is 70.5 Å². The fraction of sp³-hybridized carbons (Fsp3) is 0.605. The Bertz CT molecular complexity index is 1870. The molecular weight excluding hydrogens is 734 g/mol. The number of likely N-dealkylation sites (tertiary alicyclic amines) is 1. The number of nitrogens with two attached hydrogens (primary N) is 1. The number of morpholine rings is 1. The number of nitrogens with zero attached hydrogens (tertiary/aromatic N) is 3. The van der Waals surface area contributed by atoms with Crippen molar-refractivity contribution >= 4 is 56.9 Å². The molecule has 2 unspecified atom stereocenters. The Hall–Kier alpha value is -3.92. The molecule has 1 aromatic carbocycles. The number of anilines is 1. The molecule has 7 atom stereocenters. The molecule has 292 valence electrons. The Labute approximate surface area is 324 Å². The molecule has 4 aliphatic rings. The van der Waals surface area contributed by atoms with Crippen molar-refractivity contribution in [2.45, 2.75) is 96.7 Å². The molecule has 4 fully saturated rings. The van der Waals surface area contributed by atoms with Gasteiger partial charge >= 0.3 is 6.09 Å². The molecule has 14 nitrogen and oxygen atoms in total. The summed E-state index contributed by atoms with van der Waals surface area (Å²) in [6.45, 7) is 12.0. The second kappa shape index (κ2) is 15.7. The van der Waals surface area contributed by atoms with Crippen LogP contribution in [0.2, 0.25) is 5.02 Å². The lowest BCUT2D eigenvalue weighted by atomic mass is 9.85. The minimum Gasteiger partial charge on any atom is -0.490 e. The molecule has 0 bridgehead atoms. The number of pyridine rings is 1. The fourth-order valence-corrected chi connectivity index (χ4v) is 8.73. The summed E-state index contributed by atoms with van der Waals surface area (Å²) in [5, 5.41) is 13.1. The van der Waals surface area contributed by atoms with Crippen molar-refractivity contribution in [1.82, 2.24) is 25.5 Å². The summed E-state index contributed by atoms with van der Waals surface area (Å²) < 4.78 is 24.1. The molecule has 5 N–H and O–H groups in total. The number of rotatable bonds is 12.